The molecule has 0 unspecified atom stereocenters. The Labute approximate surface area is 115 Å². The van der Waals surface area contributed by atoms with Gasteiger partial charge in [-0.2, -0.15) is 0 Å². The van der Waals surface area contributed by atoms with E-state index in [0.29, 0.717) is 5.41 Å². The van der Waals surface area contributed by atoms with Gasteiger partial charge >= 0.3 is 0 Å². The molecule has 1 aromatic rings. The Morgan fingerprint density at radius 3 is 2.76 bits per heavy atom. The minimum atomic E-state index is 0.0617. The van der Waals surface area contributed by atoms with Gasteiger partial charge in [0.2, 0.25) is 0 Å². The summed E-state index contributed by atoms with van der Waals surface area (Å²) in [4.78, 5) is 12.8. The maximum absolute atomic E-state index is 12.0. The molecule has 0 aromatic carbocycles. The molecule has 0 radical (unpaired) electrons. The van der Waals surface area contributed by atoms with Crippen LogP contribution in [0.15, 0.2) is 15.9 Å². The molecule has 0 spiro atoms. The molecule has 1 amide bonds. The molecule has 1 saturated carbocycles. The first-order valence-corrected chi connectivity index (χ1v) is 7.85. The molecular weight excluding hydrogens is 298 g/mol. The standard InChI is InChI=1S/C13H18BrNOS/c1-2-13(6-3-4-7-13)9-15-12(16)11-10(14)5-8-17-11/h5,8H,2-4,6-7,9H2,1H3,(H,15,16). The average Bonchev–Trinajstić information content (AvgIpc) is 2.95. The fourth-order valence-electron chi connectivity index (χ4n) is 2.58. The third-order valence-corrected chi connectivity index (χ3v) is 5.70. The molecule has 1 N–H and O–H groups in total. The molecular formula is C13H18BrNOS. The first kappa shape index (κ1) is 13.1. The van der Waals surface area contributed by atoms with E-state index < -0.39 is 0 Å². The van der Waals surface area contributed by atoms with E-state index in [4.69, 9.17) is 0 Å². The first-order chi connectivity index (χ1) is 8.17. The number of carbonyl (C=O) groups excluding carboxylic acids is 1. The van der Waals surface area contributed by atoms with E-state index in [-0.39, 0.29) is 5.91 Å². The van der Waals surface area contributed by atoms with Crippen LogP contribution in [0.3, 0.4) is 0 Å². The van der Waals surface area contributed by atoms with Gasteiger partial charge in [-0.15, -0.1) is 11.3 Å². The van der Waals surface area contributed by atoms with Gasteiger partial charge in [0.15, 0.2) is 0 Å². The Hall–Kier alpha value is -0.350. The van der Waals surface area contributed by atoms with Gasteiger partial charge in [-0.05, 0) is 52.1 Å². The molecule has 1 heterocycles. The van der Waals surface area contributed by atoms with Gasteiger partial charge in [-0.3, -0.25) is 4.79 Å². The van der Waals surface area contributed by atoms with Gasteiger partial charge in [-0.25, -0.2) is 0 Å². The topological polar surface area (TPSA) is 29.1 Å². The number of amides is 1. The van der Waals surface area contributed by atoms with Crippen LogP contribution in [0.2, 0.25) is 0 Å². The zero-order valence-corrected chi connectivity index (χ0v) is 12.5. The number of thiophene rings is 1. The van der Waals surface area contributed by atoms with Crippen molar-refractivity contribution in [1.82, 2.24) is 5.32 Å². The number of rotatable bonds is 4. The third-order valence-electron chi connectivity index (χ3n) is 3.86. The molecule has 1 aliphatic carbocycles. The van der Waals surface area contributed by atoms with Crippen molar-refractivity contribution in [2.24, 2.45) is 5.41 Å². The van der Waals surface area contributed by atoms with Crippen molar-refractivity contribution < 1.29 is 4.79 Å². The van der Waals surface area contributed by atoms with Crippen LogP contribution >= 0.6 is 27.3 Å². The summed E-state index contributed by atoms with van der Waals surface area (Å²) in [6.07, 6.45) is 6.31. The summed E-state index contributed by atoms with van der Waals surface area (Å²) < 4.78 is 0.900. The minimum Gasteiger partial charge on any atom is -0.351 e. The maximum atomic E-state index is 12.0. The summed E-state index contributed by atoms with van der Waals surface area (Å²) in [7, 11) is 0. The minimum absolute atomic E-state index is 0.0617. The molecule has 4 heteroatoms. The van der Waals surface area contributed by atoms with E-state index in [1.807, 2.05) is 11.4 Å². The normalized spacial score (nSPS) is 18.2. The van der Waals surface area contributed by atoms with E-state index in [2.05, 4.69) is 28.2 Å². The lowest BCUT2D eigenvalue weighted by atomic mass is 9.83. The summed E-state index contributed by atoms with van der Waals surface area (Å²) in [6.45, 7) is 3.06. The van der Waals surface area contributed by atoms with Gasteiger partial charge in [0.05, 0.1) is 0 Å². The predicted octanol–water partition coefficient (Wildman–Crippen LogP) is 4.21. The SMILES string of the molecule is CCC1(CNC(=O)c2sccc2Br)CCCC1. The number of carbonyl (C=O) groups is 1. The summed E-state index contributed by atoms with van der Waals surface area (Å²) in [5, 5.41) is 5.04. The van der Waals surface area contributed by atoms with E-state index >= 15 is 0 Å². The summed E-state index contributed by atoms with van der Waals surface area (Å²) >= 11 is 4.89. The van der Waals surface area contributed by atoms with Gasteiger partial charge in [0, 0.05) is 11.0 Å². The third kappa shape index (κ3) is 2.91. The van der Waals surface area contributed by atoms with Crippen molar-refractivity contribution in [3.05, 3.63) is 20.8 Å². The highest BCUT2D eigenvalue weighted by atomic mass is 79.9. The number of hydrogen-bond acceptors (Lipinski definition) is 2. The van der Waals surface area contributed by atoms with Crippen LogP contribution in [0.4, 0.5) is 0 Å². The van der Waals surface area contributed by atoms with Crippen LogP contribution in [0, 0.1) is 5.41 Å². The van der Waals surface area contributed by atoms with Crippen LogP contribution in [0.25, 0.3) is 0 Å². The predicted molar refractivity (Wildman–Crippen MR) is 75.5 cm³/mol. The second kappa shape index (κ2) is 5.53. The van der Waals surface area contributed by atoms with Crippen molar-refractivity contribution in [3.63, 3.8) is 0 Å². The first-order valence-electron chi connectivity index (χ1n) is 6.18. The average molecular weight is 316 g/mol. The highest BCUT2D eigenvalue weighted by molar-refractivity contribution is 9.10. The zero-order valence-electron chi connectivity index (χ0n) is 10.1. The van der Waals surface area contributed by atoms with Gasteiger partial charge in [0.1, 0.15) is 4.88 Å². The molecule has 0 atom stereocenters. The van der Waals surface area contributed by atoms with Crippen LogP contribution in [0.1, 0.15) is 48.7 Å². The highest BCUT2D eigenvalue weighted by Gasteiger charge is 2.32. The Morgan fingerprint density at radius 1 is 1.53 bits per heavy atom. The van der Waals surface area contributed by atoms with E-state index in [0.717, 1.165) is 15.9 Å². The number of halogens is 1. The highest BCUT2D eigenvalue weighted by Crippen LogP contribution is 2.40. The molecule has 2 nitrogen and oxygen atoms in total. The van der Waals surface area contributed by atoms with Gasteiger partial charge in [0.25, 0.3) is 5.91 Å². The lowest BCUT2D eigenvalue weighted by molar-refractivity contribution is 0.0932. The largest absolute Gasteiger partial charge is 0.351 e. The van der Waals surface area contributed by atoms with Crippen molar-refractivity contribution >= 4 is 33.2 Å². The number of hydrogen-bond donors (Lipinski definition) is 1. The van der Waals surface area contributed by atoms with Crippen molar-refractivity contribution in [2.75, 3.05) is 6.54 Å². The lowest BCUT2D eigenvalue weighted by Crippen LogP contribution is -2.35. The summed E-state index contributed by atoms with van der Waals surface area (Å²) in [5.74, 6) is 0.0617. The molecule has 0 bridgehead atoms. The van der Waals surface area contributed by atoms with Crippen molar-refractivity contribution in [3.8, 4) is 0 Å². The van der Waals surface area contributed by atoms with E-state index in [1.54, 1.807) is 0 Å². The zero-order chi connectivity index (χ0) is 12.3. The molecule has 0 aliphatic heterocycles. The second-order valence-corrected chi connectivity index (χ2v) is 6.61. The molecule has 1 aliphatic rings. The van der Waals surface area contributed by atoms with Crippen LogP contribution in [-0.2, 0) is 0 Å². The molecule has 17 heavy (non-hydrogen) atoms. The Morgan fingerprint density at radius 2 is 2.24 bits per heavy atom. The van der Waals surface area contributed by atoms with Crippen LogP contribution in [-0.4, -0.2) is 12.5 Å². The summed E-state index contributed by atoms with van der Waals surface area (Å²) in [6, 6.07) is 1.92. The van der Waals surface area contributed by atoms with Crippen molar-refractivity contribution in [1.29, 1.82) is 0 Å². The Kier molecular flexibility index (Phi) is 4.26. The smallest absolute Gasteiger partial charge is 0.262 e. The Balaban J connectivity index is 1.94. The van der Waals surface area contributed by atoms with Gasteiger partial charge < -0.3 is 5.32 Å². The van der Waals surface area contributed by atoms with Crippen LogP contribution < -0.4 is 5.32 Å². The number of nitrogens with one attached hydrogen (secondary N) is 1. The molecule has 2 rings (SSSR count). The fraction of sp³-hybridized carbons (Fsp3) is 0.615. The summed E-state index contributed by atoms with van der Waals surface area (Å²) in [5.41, 5.74) is 0.361. The second-order valence-electron chi connectivity index (χ2n) is 4.84. The van der Waals surface area contributed by atoms with E-state index in [9.17, 15) is 4.79 Å². The van der Waals surface area contributed by atoms with Crippen molar-refractivity contribution in [2.45, 2.75) is 39.0 Å². The lowest BCUT2D eigenvalue weighted by Gasteiger charge is -2.27. The molecule has 1 fully saturated rings. The maximum Gasteiger partial charge on any atom is 0.262 e. The molecule has 94 valence electrons. The van der Waals surface area contributed by atoms with Gasteiger partial charge in [-0.1, -0.05) is 19.8 Å². The van der Waals surface area contributed by atoms with Crippen LogP contribution in [0.5, 0.6) is 0 Å². The monoisotopic (exact) mass is 315 g/mol. The van der Waals surface area contributed by atoms with E-state index in [1.165, 1.54) is 43.4 Å². The molecule has 1 aromatic heterocycles. The fourth-order valence-corrected chi connectivity index (χ4v) is 4.05. The quantitative estimate of drug-likeness (QED) is 0.886. The Bertz CT molecular complexity index is 396. The molecule has 0 saturated heterocycles.